The summed E-state index contributed by atoms with van der Waals surface area (Å²) in [4.78, 5) is 10.8. The van der Waals surface area contributed by atoms with E-state index in [2.05, 4.69) is 0 Å². The number of benzene rings is 2. The van der Waals surface area contributed by atoms with Crippen LogP contribution in [0.15, 0.2) is 24.3 Å². The van der Waals surface area contributed by atoms with E-state index >= 15 is 0 Å². The van der Waals surface area contributed by atoms with Gasteiger partial charge in [0.1, 0.15) is 11.6 Å². The largest absolute Gasteiger partial charge is 0.481 e. The Kier molecular flexibility index (Phi) is 5.36. The lowest BCUT2D eigenvalue weighted by Crippen LogP contribution is -2.21. The molecule has 1 atom stereocenters. The van der Waals surface area contributed by atoms with Crippen molar-refractivity contribution >= 4 is 5.97 Å². The van der Waals surface area contributed by atoms with E-state index in [1.54, 1.807) is 32.0 Å². The Morgan fingerprint density at radius 1 is 1.15 bits per heavy atom. The predicted octanol–water partition coefficient (Wildman–Crippen LogP) is 4.74. The lowest BCUT2D eigenvalue weighted by atomic mass is 9.89. The average molecular weight is 373 g/mol. The minimum Gasteiger partial charge on any atom is -0.481 e. The Balaban J connectivity index is 2.88. The number of hydrogen-bond donors (Lipinski definition) is 2. The number of carboxylic acid groups (broad SMARTS) is 1. The van der Waals surface area contributed by atoms with E-state index < -0.39 is 52.9 Å². The Bertz CT molecular complexity index is 841. The van der Waals surface area contributed by atoms with Gasteiger partial charge in [0, 0.05) is 17.2 Å². The standard InChI is InChI=1S/C18H16F5NO2/c1-8-4-3-5-9(2)14(8)10-6-11(18(21,22)23)17(20)15(16(10)19)12(24)7-13(25)26/h3-6,12H,7,24H2,1-2H3,(H,25,26). The summed E-state index contributed by atoms with van der Waals surface area (Å²) in [6.45, 7) is 3.16. The Morgan fingerprint density at radius 3 is 2.15 bits per heavy atom. The van der Waals surface area contributed by atoms with Crippen LogP contribution in [0.4, 0.5) is 22.0 Å². The van der Waals surface area contributed by atoms with Crippen LogP contribution in [0, 0.1) is 25.5 Å². The highest BCUT2D eigenvalue weighted by Gasteiger charge is 2.38. The van der Waals surface area contributed by atoms with Gasteiger partial charge in [-0.3, -0.25) is 4.79 Å². The van der Waals surface area contributed by atoms with Crippen molar-refractivity contribution in [2.75, 3.05) is 0 Å². The molecule has 3 nitrogen and oxygen atoms in total. The molecule has 0 spiro atoms. The molecule has 0 saturated heterocycles. The molecule has 0 aromatic heterocycles. The van der Waals surface area contributed by atoms with Crippen molar-refractivity contribution in [3.63, 3.8) is 0 Å². The van der Waals surface area contributed by atoms with Crippen LogP contribution in [-0.4, -0.2) is 11.1 Å². The third kappa shape index (κ3) is 3.70. The van der Waals surface area contributed by atoms with Crippen LogP contribution in [0.25, 0.3) is 11.1 Å². The summed E-state index contributed by atoms with van der Waals surface area (Å²) >= 11 is 0. The molecule has 1 unspecified atom stereocenters. The molecule has 8 heteroatoms. The third-order valence-corrected chi connectivity index (χ3v) is 4.06. The van der Waals surface area contributed by atoms with Crippen molar-refractivity contribution in [1.29, 1.82) is 0 Å². The van der Waals surface area contributed by atoms with Gasteiger partial charge in [-0.1, -0.05) is 18.2 Å². The molecule has 140 valence electrons. The van der Waals surface area contributed by atoms with E-state index in [9.17, 15) is 26.7 Å². The molecule has 3 N–H and O–H groups in total. The number of aryl methyl sites for hydroxylation is 2. The highest BCUT2D eigenvalue weighted by Crippen LogP contribution is 2.41. The van der Waals surface area contributed by atoms with E-state index in [-0.39, 0.29) is 5.56 Å². The van der Waals surface area contributed by atoms with Crippen LogP contribution in [0.5, 0.6) is 0 Å². The Morgan fingerprint density at radius 2 is 1.69 bits per heavy atom. The van der Waals surface area contributed by atoms with Gasteiger partial charge >= 0.3 is 12.1 Å². The predicted molar refractivity (Wildman–Crippen MR) is 85.5 cm³/mol. The molecule has 0 heterocycles. The summed E-state index contributed by atoms with van der Waals surface area (Å²) < 4.78 is 69.2. The maximum absolute atomic E-state index is 15.0. The molecule has 0 saturated carbocycles. The first-order valence-electron chi connectivity index (χ1n) is 7.58. The van der Waals surface area contributed by atoms with Crippen LogP contribution in [-0.2, 0) is 11.0 Å². The normalized spacial score (nSPS) is 12.9. The van der Waals surface area contributed by atoms with Crippen LogP contribution in [0.3, 0.4) is 0 Å². The summed E-state index contributed by atoms with van der Waals surface area (Å²) in [5.41, 5.74) is 3.42. The molecular formula is C18H16F5NO2. The van der Waals surface area contributed by atoms with Crippen molar-refractivity contribution in [1.82, 2.24) is 0 Å². The number of hydrogen-bond acceptors (Lipinski definition) is 2. The maximum Gasteiger partial charge on any atom is 0.419 e. The second-order valence-electron chi connectivity index (χ2n) is 5.98. The first kappa shape index (κ1) is 19.8. The van der Waals surface area contributed by atoms with Crippen LogP contribution in [0.2, 0.25) is 0 Å². The monoisotopic (exact) mass is 373 g/mol. The molecule has 0 aliphatic carbocycles. The fraction of sp³-hybridized carbons (Fsp3) is 0.278. The zero-order valence-corrected chi connectivity index (χ0v) is 13.9. The second kappa shape index (κ2) is 7.03. The third-order valence-electron chi connectivity index (χ3n) is 4.06. The van der Waals surface area contributed by atoms with Gasteiger partial charge in [0.2, 0.25) is 0 Å². The minimum atomic E-state index is -5.10. The van der Waals surface area contributed by atoms with Gasteiger partial charge in [0.15, 0.2) is 0 Å². The van der Waals surface area contributed by atoms with E-state index in [1.165, 1.54) is 0 Å². The SMILES string of the molecule is Cc1cccc(C)c1-c1cc(C(F)(F)F)c(F)c(C(N)CC(=O)O)c1F. The number of nitrogens with two attached hydrogens (primary N) is 1. The first-order chi connectivity index (χ1) is 11.9. The Labute approximate surface area is 146 Å². The minimum absolute atomic E-state index is 0.180. The van der Waals surface area contributed by atoms with Crippen molar-refractivity contribution < 1.29 is 31.9 Å². The lowest BCUT2D eigenvalue weighted by molar-refractivity contribution is -0.140. The molecule has 0 aliphatic heterocycles. The van der Waals surface area contributed by atoms with E-state index in [0.717, 1.165) is 0 Å². The summed E-state index contributed by atoms with van der Waals surface area (Å²) in [5.74, 6) is -4.66. The topological polar surface area (TPSA) is 63.3 Å². The highest BCUT2D eigenvalue weighted by atomic mass is 19.4. The van der Waals surface area contributed by atoms with Gasteiger partial charge in [-0.25, -0.2) is 8.78 Å². The Hall–Kier alpha value is -2.48. The summed E-state index contributed by atoms with van der Waals surface area (Å²) in [6, 6.07) is 3.44. The molecule has 0 fully saturated rings. The van der Waals surface area contributed by atoms with Gasteiger partial charge in [0.25, 0.3) is 0 Å². The first-order valence-corrected chi connectivity index (χ1v) is 7.58. The van der Waals surface area contributed by atoms with Crippen LogP contribution >= 0.6 is 0 Å². The van der Waals surface area contributed by atoms with Gasteiger partial charge < -0.3 is 10.8 Å². The molecule has 2 aromatic carbocycles. The zero-order chi connectivity index (χ0) is 19.8. The molecule has 0 aliphatic rings. The second-order valence-corrected chi connectivity index (χ2v) is 5.98. The fourth-order valence-electron chi connectivity index (χ4n) is 2.90. The smallest absolute Gasteiger partial charge is 0.419 e. The van der Waals surface area contributed by atoms with Gasteiger partial charge in [-0.05, 0) is 36.6 Å². The van der Waals surface area contributed by atoms with Crippen molar-refractivity contribution in [2.45, 2.75) is 32.5 Å². The zero-order valence-electron chi connectivity index (χ0n) is 13.9. The maximum atomic E-state index is 15.0. The van der Waals surface area contributed by atoms with E-state index in [4.69, 9.17) is 10.8 Å². The van der Waals surface area contributed by atoms with Crippen molar-refractivity contribution in [3.05, 3.63) is 58.2 Å². The molecule has 2 rings (SSSR count). The molecule has 0 amide bonds. The summed E-state index contributed by atoms with van der Waals surface area (Å²) in [5, 5.41) is 8.78. The van der Waals surface area contributed by atoms with E-state index in [0.29, 0.717) is 17.2 Å². The van der Waals surface area contributed by atoms with Crippen molar-refractivity contribution in [2.24, 2.45) is 5.73 Å². The molecule has 26 heavy (non-hydrogen) atoms. The van der Waals surface area contributed by atoms with E-state index in [1.807, 2.05) is 0 Å². The number of alkyl halides is 3. The average Bonchev–Trinajstić information content (AvgIpc) is 2.47. The highest BCUT2D eigenvalue weighted by molar-refractivity contribution is 5.74. The van der Waals surface area contributed by atoms with Gasteiger partial charge in [-0.2, -0.15) is 13.2 Å². The van der Waals surface area contributed by atoms with Crippen LogP contribution in [0.1, 0.15) is 34.7 Å². The number of rotatable bonds is 4. The van der Waals surface area contributed by atoms with Gasteiger partial charge in [0.05, 0.1) is 12.0 Å². The number of aliphatic carboxylic acids is 1. The number of carboxylic acids is 1. The lowest BCUT2D eigenvalue weighted by Gasteiger charge is -2.20. The summed E-state index contributed by atoms with van der Waals surface area (Å²) in [6.07, 6.45) is -6.01. The number of halogens is 5. The molecule has 2 aromatic rings. The van der Waals surface area contributed by atoms with Gasteiger partial charge in [-0.15, -0.1) is 0 Å². The molecule has 0 radical (unpaired) electrons. The summed E-state index contributed by atoms with van der Waals surface area (Å²) in [7, 11) is 0. The van der Waals surface area contributed by atoms with Crippen LogP contribution < -0.4 is 5.73 Å². The quantitative estimate of drug-likeness (QED) is 0.761. The number of carbonyl (C=O) groups is 1. The molecule has 0 bridgehead atoms. The molecular weight excluding hydrogens is 357 g/mol. The fourth-order valence-corrected chi connectivity index (χ4v) is 2.90. The van der Waals surface area contributed by atoms with Crippen molar-refractivity contribution in [3.8, 4) is 11.1 Å².